The van der Waals surface area contributed by atoms with Crippen LogP contribution in [-0.2, 0) is 0 Å². The quantitative estimate of drug-likeness (QED) is 0.198. The Morgan fingerprint density at radius 1 is 1.10 bits per heavy atom. The van der Waals surface area contributed by atoms with E-state index in [0.717, 1.165) is 12.3 Å². The Hall–Kier alpha value is -1.08. The topological polar surface area (TPSA) is 26.0 Å². The van der Waals surface area contributed by atoms with Crippen LogP contribution >= 0.6 is 0 Å². The summed E-state index contributed by atoms with van der Waals surface area (Å²) in [5.41, 5.74) is 8.92. The van der Waals surface area contributed by atoms with Gasteiger partial charge in [0.15, 0.2) is 0 Å². The van der Waals surface area contributed by atoms with Gasteiger partial charge >= 0.3 is 0 Å². The molecule has 30 heavy (non-hydrogen) atoms. The lowest BCUT2D eigenvalue weighted by molar-refractivity contribution is 0.133. The second-order valence-corrected chi connectivity index (χ2v) is 10.0. The molecule has 1 fully saturated rings. The van der Waals surface area contributed by atoms with E-state index in [9.17, 15) is 0 Å². The lowest BCUT2D eigenvalue weighted by Gasteiger charge is -2.43. The van der Waals surface area contributed by atoms with Crippen molar-refractivity contribution in [2.45, 2.75) is 110 Å². The van der Waals surface area contributed by atoms with E-state index < -0.39 is 0 Å². The van der Waals surface area contributed by atoms with Crippen molar-refractivity contribution in [3.63, 3.8) is 0 Å². The van der Waals surface area contributed by atoms with Crippen LogP contribution in [-0.4, -0.2) is 5.54 Å². The van der Waals surface area contributed by atoms with Gasteiger partial charge in [0.05, 0.1) is 0 Å². The van der Waals surface area contributed by atoms with E-state index in [2.05, 4.69) is 59.1 Å². The zero-order chi connectivity index (χ0) is 22.4. The van der Waals surface area contributed by atoms with Crippen LogP contribution in [0, 0.1) is 23.7 Å². The fourth-order valence-corrected chi connectivity index (χ4v) is 5.39. The molecule has 0 radical (unpaired) electrons. The number of hydrogen-bond acceptors (Lipinski definition) is 1. The Balaban J connectivity index is 2.81. The van der Waals surface area contributed by atoms with Crippen LogP contribution in [0.4, 0.5) is 0 Å². The molecule has 0 heterocycles. The van der Waals surface area contributed by atoms with Crippen LogP contribution in [0.5, 0.6) is 0 Å². The Morgan fingerprint density at radius 2 is 1.80 bits per heavy atom. The molecule has 0 aliphatic heterocycles. The van der Waals surface area contributed by atoms with Crippen LogP contribution in [0.2, 0.25) is 0 Å². The molecule has 0 aromatic heterocycles. The third-order valence-corrected chi connectivity index (χ3v) is 7.76. The molecule has 2 N–H and O–H groups in total. The fraction of sp³-hybridized carbons (Fsp3) is 0.724. The first-order chi connectivity index (χ1) is 14.4. The van der Waals surface area contributed by atoms with Gasteiger partial charge in [-0.25, -0.2) is 0 Å². The smallest absolute Gasteiger partial charge is 0.0211 e. The van der Waals surface area contributed by atoms with Gasteiger partial charge < -0.3 is 5.73 Å². The maximum atomic E-state index is 7.38. The van der Waals surface area contributed by atoms with Crippen molar-refractivity contribution in [3.05, 3.63) is 49.1 Å². The predicted octanol–water partition coefficient (Wildman–Crippen LogP) is 8.78. The molecule has 0 aromatic carbocycles. The summed E-state index contributed by atoms with van der Waals surface area (Å²) in [4.78, 5) is 0. The summed E-state index contributed by atoms with van der Waals surface area (Å²) in [6, 6.07) is 0. The molecule has 0 spiro atoms. The number of rotatable bonds is 16. The van der Waals surface area contributed by atoms with Crippen molar-refractivity contribution in [2.75, 3.05) is 0 Å². The summed E-state index contributed by atoms with van der Waals surface area (Å²) in [6.45, 7) is 17.0. The maximum Gasteiger partial charge on any atom is 0.0211 e. The summed E-state index contributed by atoms with van der Waals surface area (Å²) < 4.78 is 0. The summed E-state index contributed by atoms with van der Waals surface area (Å²) in [7, 11) is 0. The molecule has 1 nitrogen and oxygen atoms in total. The molecular weight excluding hydrogens is 362 g/mol. The van der Waals surface area contributed by atoms with Crippen LogP contribution in [0.15, 0.2) is 49.1 Å². The third-order valence-electron chi connectivity index (χ3n) is 7.76. The Kier molecular flexibility index (Phi) is 13.3. The van der Waals surface area contributed by atoms with E-state index in [0.29, 0.717) is 17.8 Å². The van der Waals surface area contributed by atoms with Gasteiger partial charge in [-0.15, -0.1) is 6.58 Å². The van der Waals surface area contributed by atoms with Crippen LogP contribution < -0.4 is 5.73 Å². The van der Waals surface area contributed by atoms with Crippen molar-refractivity contribution < 1.29 is 0 Å². The number of hydrogen-bond donors (Lipinski definition) is 1. The van der Waals surface area contributed by atoms with Crippen molar-refractivity contribution in [1.82, 2.24) is 0 Å². The summed E-state index contributed by atoms with van der Waals surface area (Å²) in [5.74, 6) is 2.62. The van der Waals surface area contributed by atoms with Gasteiger partial charge in [0.2, 0.25) is 0 Å². The largest absolute Gasteiger partial charge is 0.325 e. The molecule has 0 amide bonds. The SMILES string of the molecule is C=CC=CCC=C(C)C(C)CCC(CCC)C(N)(CCCC(C)C=C)C1CCCC1. The summed E-state index contributed by atoms with van der Waals surface area (Å²) in [5, 5.41) is 0. The molecule has 1 heteroatoms. The maximum absolute atomic E-state index is 7.38. The highest BCUT2D eigenvalue weighted by atomic mass is 14.8. The lowest BCUT2D eigenvalue weighted by atomic mass is 9.67. The van der Waals surface area contributed by atoms with E-state index in [1.165, 1.54) is 76.2 Å². The molecular formula is C29H51N. The molecule has 1 saturated carbocycles. The van der Waals surface area contributed by atoms with Gasteiger partial charge in [-0.3, -0.25) is 0 Å². The molecule has 0 bridgehead atoms. The van der Waals surface area contributed by atoms with E-state index in [1.54, 1.807) is 0 Å². The Labute approximate surface area is 189 Å². The van der Waals surface area contributed by atoms with Crippen LogP contribution in [0.1, 0.15) is 105 Å². The monoisotopic (exact) mass is 413 g/mol. The molecule has 4 atom stereocenters. The van der Waals surface area contributed by atoms with Gasteiger partial charge in [-0.1, -0.05) is 89.0 Å². The highest BCUT2D eigenvalue weighted by molar-refractivity contribution is 5.08. The zero-order valence-corrected chi connectivity index (χ0v) is 20.7. The van der Waals surface area contributed by atoms with Gasteiger partial charge in [0.1, 0.15) is 0 Å². The molecule has 172 valence electrons. The first-order valence-electron chi connectivity index (χ1n) is 12.7. The molecule has 1 aliphatic rings. The second kappa shape index (κ2) is 14.8. The van der Waals surface area contributed by atoms with E-state index in [1.807, 2.05) is 12.2 Å². The Bertz CT molecular complexity index is 537. The van der Waals surface area contributed by atoms with Gasteiger partial charge in [0.25, 0.3) is 0 Å². The van der Waals surface area contributed by atoms with E-state index in [-0.39, 0.29) is 5.54 Å². The average Bonchev–Trinajstić information content (AvgIpc) is 3.29. The minimum atomic E-state index is 0.0252. The minimum absolute atomic E-state index is 0.0252. The van der Waals surface area contributed by atoms with Gasteiger partial charge in [-0.2, -0.15) is 0 Å². The van der Waals surface area contributed by atoms with Crippen molar-refractivity contribution in [1.29, 1.82) is 0 Å². The predicted molar refractivity (Wildman–Crippen MR) is 137 cm³/mol. The highest BCUT2D eigenvalue weighted by Crippen LogP contribution is 2.43. The highest BCUT2D eigenvalue weighted by Gasteiger charge is 2.41. The van der Waals surface area contributed by atoms with E-state index in [4.69, 9.17) is 5.73 Å². The van der Waals surface area contributed by atoms with Crippen molar-refractivity contribution >= 4 is 0 Å². The van der Waals surface area contributed by atoms with Crippen LogP contribution in [0.3, 0.4) is 0 Å². The first-order valence-corrected chi connectivity index (χ1v) is 12.7. The number of allylic oxidation sites excluding steroid dienone is 6. The molecule has 0 saturated heterocycles. The average molecular weight is 414 g/mol. The third kappa shape index (κ3) is 8.96. The number of nitrogens with two attached hydrogens (primary N) is 1. The summed E-state index contributed by atoms with van der Waals surface area (Å²) in [6.07, 6.45) is 25.7. The van der Waals surface area contributed by atoms with Crippen molar-refractivity contribution in [3.8, 4) is 0 Å². The van der Waals surface area contributed by atoms with E-state index >= 15 is 0 Å². The lowest BCUT2D eigenvalue weighted by Crippen LogP contribution is -2.53. The van der Waals surface area contributed by atoms with Gasteiger partial charge in [-0.05, 0) is 82.0 Å². The fourth-order valence-electron chi connectivity index (χ4n) is 5.39. The first kappa shape index (κ1) is 27.0. The summed E-state index contributed by atoms with van der Waals surface area (Å²) >= 11 is 0. The standard InChI is InChI=1S/C29H51N/c1-7-10-11-12-18-25(5)26(6)21-22-27(16-8-2)29(30,28-19-13-14-20-28)23-15-17-24(4)9-3/h7,9-11,18,24,26-28H,1,3,8,12-17,19-23,30H2,2,4-6H3. The molecule has 1 aliphatic carbocycles. The van der Waals surface area contributed by atoms with Crippen molar-refractivity contribution in [2.24, 2.45) is 29.4 Å². The normalized spacial score (nSPS) is 20.8. The molecule has 4 unspecified atom stereocenters. The Morgan fingerprint density at radius 3 is 2.40 bits per heavy atom. The molecule has 1 rings (SSSR count). The van der Waals surface area contributed by atoms with Crippen LogP contribution in [0.25, 0.3) is 0 Å². The van der Waals surface area contributed by atoms with Gasteiger partial charge in [0, 0.05) is 5.54 Å². The zero-order valence-electron chi connectivity index (χ0n) is 20.7. The molecule has 0 aromatic rings. The minimum Gasteiger partial charge on any atom is -0.325 e. The second-order valence-electron chi connectivity index (χ2n) is 10.0.